The van der Waals surface area contributed by atoms with Crippen LogP contribution in [0.2, 0.25) is 0 Å². The van der Waals surface area contributed by atoms with Gasteiger partial charge in [0.05, 0.1) is 29.2 Å². The van der Waals surface area contributed by atoms with E-state index >= 15 is 9.59 Å². The second-order valence-corrected chi connectivity index (χ2v) is 15.5. The van der Waals surface area contributed by atoms with Crippen molar-refractivity contribution in [2.75, 3.05) is 29.5 Å². The molecule has 3 aliphatic rings. The zero-order valence-corrected chi connectivity index (χ0v) is 28.9. The van der Waals surface area contributed by atoms with Gasteiger partial charge in [0.2, 0.25) is 11.8 Å². The number of fused-ring (bicyclic) bond motifs is 1. The Labute approximate surface area is 288 Å². The van der Waals surface area contributed by atoms with Crippen molar-refractivity contribution in [3.8, 4) is 0 Å². The van der Waals surface area contributed by atoms with Gasteiger partial charge in [0.25, 0.3) is 5.91 Å². The van der Waals surface area contributed by atoms with Crippen LogP contribution in [0.15, 0.2) is 104 Å². The van der Waals surface area contributed by atoms with Crippen LogP contribution in [0.25, 0.3) is 0 Å². The first kappa shape index (κ1) is 33.7. The summed E-state index contributed by atoms with van der Waals surface area (Å²) in [7, 11) is 0. The van der Waals surface area contributed by atoms with E-state index in [0.717, 1.165) is 28.1 Å². The minimum absolute atomic E-state index is 0.134. The molecule has 2 unspecified atom stereocenters. The van der Waals surface area contributed by atoms with Gasteiger partial charge in [-0.3, -0.25) is 14.4 Å². The lowest BCUT2D eigenvalue weighted by atomic mass is 9.66. The van der Waals surface area contributed by atoms with Crippen molar-refractivity contribution in [1.82, 2.24) is 4.90 Å². The Bertz CT molecular complexity index is 1710. The number of carbonyl (C=O) groups excluding carboxylic acids is 3. The number of hydrogen-bond acceptors (Lipinski definition) is 5. The number of anilines is 2. The fourth-order valence-electron chi connectivity index (χ4n) is 8.37. The topological polar surface area (TPSA) is 81.2 Å². The smallest absolute Gasteiger partial charge is 0.251 e. The van der Waals surface area contributed by atoms with E-state index in [1.807, 2.05) is 92.7 Å². The number of likely N-dealkylation sites (tertiary alicyclic amines) is 1. The van der Waals surface area contributed by atoms with E-state index in [0.29, 0.717) is 25.8 Å². The summed E-state index contributed by atoms with van der Waals surface area (Å²) in [5.74, 6) is -1.96. The van der Waals surface area contributed by atoms with Gasteiger partial charge < -0.3 is 19.8 Å². The van der Waals surface area contributed by atoms with E-state index in [2.05, 4.69) is 20.1 Å². The van der Waals surface area contributed by atoms with Crippen molar-refractivity contribution >= 4 is 40.9 Å². The summed E-state index contributed by atoms with van der Waals surface area (Å²) in [6.07, 6.45) is 5.11. The van der Waals surface area contributed by atoms with Crippen LogP contribution in [0.3, 0.4) is 0 Å². The molecule has 1 spiro atoms. The number of para-hydroxylation sites is 1. The minimum Gasteiger partial charge on any atom is -0.394 e. The van der Waals surface area contributed by atoms with Gasteiger partial charge >= 0.3 is 0 Å². The van der Waals surface area contributed by atoms with E-state index in [1.54, 1.807) is 38.6 Å². The average molecular weight is 664 g/mol. The first-order valence-corrected chi connectivity index (χ1v) is 17.6. The number of aliphatic hydroxyl groups excluding tert-OH is 1. The van der Waals surface area contributed by atoms with E-state index < -0.39 is 33.4 Å². The highest BCUT2D eigenvalue weighted by Crippen LogP contribution is 2.72. The maximum Gasteiger partial charge on any atom is 0.251 e. The summed E-state index contributed by atoms with van der Waals surface area (Å²) in [4.78, 5) is 50.3. The van der Waals surface area contributed by atoms with E-state index in [1.165, 1.54) is 0 Å². The number of carbonyl (C=O) groups is 3. The Morgan fingerprint density at radius 3 is 2.25 bits per heavy atom. The lowest BCUT2D eigenvalue weighted by molar-refractivity contribution is -0.142. The van der Waals surface area contributed by atoms with Crippen LogP contribution >= 0.6 is 11.8 Å². The molecule has 3 heterocycles. The Morgan fingerprint density at radius 1 is 0.958 bits per heavy atom. The Morgan fingerprint density at radius 2 is 1.60 bits per heavy atom. The second-order valence-electron chi connectivity index (χ2n) is 13.6. The van der Waals surface area contributed by atoms with Crippen molar-refractivity contribution in [2.45, 2.75) is 61.6 Å². The summed E-state index contributed by atoms with van der Waals surface area (Å²) in [5, 5.41) is 10.9. The number of aliphatic hydroxyl groups is 1. The van der Waals surface area contributed by atoms with Crippen LogP contribution in [0.1, 0.15) is 36.5 Å². The lowest BCUT2D eigenvalue weighted by Crippen LogP contribution is -2.58. The predicted molar refractivity (Wildman–Crippen MR) is 194 cm³/mol. The first-order chi connectivity index (χ1) is 23.1. The fraction of sp³-hybridized carbons (Fsp3) is 0.375. The molecular weight excluding hydrogens is 619 g/mol. The van der Waals surface area contributed by atoms with Crippen molar-refractivity contribution < 1.29 is 19.5 Å². The fourth-order valence-corrected chi connectivity index (χ4v) is 10.7. The molecule has 3 aliphatic heterocycles. The lowest BCUT2D eigenvalue weighted by Gasteiger charge is -2.40. The molecule has 3 saturated heterocycles. The Hall–Kier alpha value is -4.14. The van der Waals surface area contributed by atoms with Gasteiger partial charge in [0.1, 0.15) is 6.04 Å². The van der Waals surface area contributed by atoms with Crippen molar-refractivity contribution in [3.05, 3.63) is 121 Å². The number of amides is 3. The first-order valence-electron chi connectivity index (χ1n) is 16.7. The maximum atomic E-state index is 15.3. The third-order valence-corrected chi connectivity index (χ3v) is 12.5. The Balaban J connectivity index is 1.49. The molecule has 250 valence electrons. The minimum atomic E-state index is -0.884. The summed E-state index contributed by atoms with van der Waals surface area (Å²) in [6, 6.07) is 23.7. The molecule has 3 aromatic carbocycles. The van der Waals surface area contributed by atoms with Crippen LogP contribution in [0, 0.1) is 25.7 Å². The molecule has 3 aromatic rings. The molecule has 6 rings (SSSR count). The van der Waals surface area contributed by atoms with Crippen molar-refractivity contribution in [3.63, 3.8) is 0 Å². The molecule has 7 nitrogen and oxygen atoms in total. The van der Waals surface area contributed by atoms with Crippen LogP contribution < -0.4 is 9.80 Å². The second kappa shape index (κ2) is 13.4. The molecule has 3 amide bonds. The summed E-state index contributed by atoms with van der Waals surface area (Å²) < 4.78 is -1.39. The third-order valence-electron chi connectivity index (χ3n) is 10.5. The molecule has 0 saturated carbocycles. The maximum absolute atomic E-state index is 15.3. The predicted octanol–water partition coefficient (Wildman–Crippen LogP) is 6.13. The third kappa shape index (κ3) is 5.59. The largest absolute Gasteiger partial charge is 0.394 e. The molecular formula is C40H45N3O4S. The molecule has 48 heavy (non-hydrogen) atoms. The normalized spacial score (nSPS) is 26.2. The highest BCUT2D eigenvalue weighted by molar-refractivity contribution is 8.02. The summed E-state index contributed by atoms with van der Waals surface area (Å²) >= 11 is 1.64. The molecule has 0 radical (unpaired) electrons. The van der Waals surface area contributed by atoms with Crippen LogP contribution in [-0.4, -0.2) is 69.0 Å². The quantitative estimate of drug-likeness (QED) is 0.236. The van der Waals surface area contributed by atoms with Crippen molar-refractivity contribution in [1.29, 1.82) is 0 Å². The van der Waals surface area contributed by atoms with E-state index in [4.69, 9.17) is 0 Å². The summed E-state index contributed by atoms with van der Waals surface area (Å²) in [6.45, 7) is 14.2. The van der Waals surface area contributed by atoms with Gasteiger partial charge in [-0.25, -0.2) is 0 Å². The molecule has 0 aliphatic carbocycles. The standard InChI is InChI=1S/C40H45N3O4S/c1-6-22-41(30-16-12-9-13-17-30)36(45)33-34-37(46)43(31(26-44)25-29-14-10-8-11-15-29)35(40(34)21-20-39(33,5)48-40)38(47)42(23-7-2)32-24-27(3)18-19-28(32)4/h6-19,24,31,33-35,44H,1-2,20-23,25-26H2,3-5H3/t31-,33-,34+,35?,39+,40?/m1/s1. The van der Waals surface area contributed by atoms with Gasteiger partial charge in [-0.05, 0) is 74.9 Å². The van der Waals surface area contributed by atoms with Crippen LogP contribution in [-0.2, 0) is 20.8 Å². The molecule has 2 bridgehead atoms. The van der Waals surface area contributed by atoms with Crippen LogP contribution in [0.5, 0.6) is 0 Å². The zero-order chi connectivity index (χ0) is 34.2. The van der Waals surface area contributed by atoms with E-state index in [9.17, 15) is 9.90 Å². The SMILES string of the molecule is C=CCN(C(=O)[C@H]1[C@H]2C(=O)N([C@@H](CO)Cc3ccccc3)C(C(=O)N(CC=C)c3cc(C)ccc3C)C23CC[C@]1(C)S3)c1ccccc1. The van der Waals surface area contributed by atoms with Gasteiger partial charge in [0.15, 0.2) is 0 Å². The average Bonchev–Trinajstić information content (AvgIpc) is 3.67. The van der Waals surface area contributed by atoms with Gasteiger partial charge in [-0.1, -0.05) is 72.8 Å². The number of hydrogen-bond donors (Lipinski definition) is 1. The number of nitrogens with zero attached hydrogens (tertiary/aromatic N) is 3. The number of thioether (sulfide) groups is 1. The van der Waals surface area contributed by atoms with Gasteiger partial charge in [-0.15, -0.1) is 24.9 Å². The number of rotatable bonds is 12. The number of aryl methyl sites for hydroxylation is 2. The molecule has 8 heteroatoms. The van der Waals surface area contributed by atoms with Crippen molar-refractivity contribution in [2.24, 2.45) is 11.8 Å². The highest BCUT2D eigenvalue weighted by Gasteiger charge is 2.78. The number of benzene rings is 3. The molecule has 1 N–H and O–H groups in total. The van der Waals surface area contributed by atoms with Gasteiger partial charge in [-0.2, -0.15) is 0 Å². The zero-order valence-electron chi connectivity index (χ0n) is 28.0. The van der Waals surface area contributed by atoms with Crippen LogP contribution in [0.4, 0.5) is 11.4 Å². The Kier molecular flexibility index (Phi) is 9.42. The van der Waals surface area contributed by atoms with Gasteiger partial charge in [0, 0.05) is 29.2 Å². The molecule has 3 fully saturated rings. The van der Waals surface area contributed by atoms with E-state index in [-0.39, 0.29) is 30.9 Å². The monoisotopic (exact) mass is 663 g/mol. The summed E-state index contributed by atoms with van der Waals surface area (Å²) in [5.41, 5.74) is 4.43. The molecule has 6 atom stereocenters. The molecule has 0 aromatic heterocycles. The highest BCUT2D eigenvalue weighted by atomic mass is 32.2.